The molecule has 1 aromatic heterocycles. The van der Waals surface area contributed by atoms with Gasteiger partial charge in [0, 0.05) is 31.7 Å². The summed E-state index contributed by atoms with van der Waals surface area (Å²) in [6.07, 6.45) is 2.49. The van der Waals surface area contributed by atoms with Gasteiger partial charge in [0.1, 0.15) is 0 Å². The molecule has 7 heteroatoms. The van der Waals surface area contributed by atoms with E-state index in [0.717, 1.165) is 31.6 Å². The summed E-state index contributed by atoms with van der Waals surface area (Å²) >= 11 is 0. The van der Waals surface area contributed by atoms with E-state index in [1.54, 1.807) is 6.07 Å². The van der Waals surface area contributed by atoms with Gasteiger partial charge in [0.15, 0.2) is 12.5 Å². The molecule has 1 aliphatic rings. The molecule has 0 radical (unpaired) electrons. The lowest BCUT2D eigenvalue weighted by molar-refractivity contribution is -0.389. The number of hydrogen-bond donors (Lipinski definition) is 1. The molecule has 0 aromatic carbocycles. The van der Waals surface area contributed by atoms with Crippen LogP contribution in [-0.4, -0.2) is 41.0 Å². The molecular weight excluding hydrogens is 262 g/mol. The quantitative estimate of drug-likeness (QED) is 0.500. The van der Waals surface area contributed by atoms with Crippen molar-refractivity contribution in [3.63, 3.8) is 0 Å². The summed E-state index contributed by atoms with van der Waals surface area (Å²) in [7, 11) is 0. The minimum Gasteiger partial charge on any atom is -0.368 e. The first-order valence-corrected chi connectivity index (χ1v) is 6.77. The van der Waals surface area contributed by atoms with Crippen molar-refractivity contribution in [2.75, 3.05) is 24.6 Å². The van der Waals surface area contributed by atoms with Gasteiger partial charge in [0.05, 0.1) is 5.69 Å². The van der Waals surface area contributed by atoms with Crippen molar-refractivity contribution in [1.29, 1.82) is 0 Å². The first-order chi connectivity index (χ1) is 9.61. The fraction of sp³-hybridized carbons (Fsp3) is 0.615. The Morgan fingerprint density at radius 1 is 1.55 bits per heavy atom. The summed E-state index contributed by atoms with van der Waals surface area (Å²) < 4.78 is 5.21. The minimum atomic E-state index is -0.697. The Hall–Kier alpha value is -1.73. The van der Waals surface area contributed by atoms with Crippen LogP contribution in [0.4, 0.5) is 11.5 Å². The van der Waals surface area contributed by atoms with Gasteiger partial charge >= 0.3 is 5.82 Å². The van der Waals surface area contributed by atoms with E-state index in [1.807, 2.05) is 6.92 Å². The zero-order valence-corrected chi connectivity index (χ0v) is 11.4. The van der Waals surface area contributed by atoms with E-state index in [0.29, 0.717) is 6.61 Å². The number of aliphatic hydroxyl groups is 1. The molecule has 0 amide bonds. The number of rotatable bonds is 5. The molecule has 7 nitrogen and oxygen atoms in total. The van der Waals surface area contributed by atoms with E-state index in [-0.39, 0.29) is 11.7 Å². The van der Waals surface area contributed by atoms with Gasteiger partial charge in [0.2, 0.25) is 0 Å². The average Bonchev–Trinajstić information content (AvgIpc) is 2.48. The molecule has 0 spiro atoms. The second kappa shape index (κ2) is 6.62. The number of hydrogen-bond acceptors (Lipinski definition) is 6. The van der Waals surface area contributed by atoms with Crippen molar-refractivity contribution in [2.24, 2.45) is 5.92 Å². The van der Waals surface area contributed by atoms with Gasteiger partial charge in [-0.1, -0.05) is 0 Å². The molecule has 1 saturated heterocycles. The van der Waals surface area contributed by atoms with Crippen molar-refractivity contribution in [3.8, 4) is 0 Å². The summed E-state index contributed by atoms with van der Waals surface area (Å²) in [5.74, 6) is 0.00705. The number of aromatic nitrogens is 1. The Bertz CT molecular complexity index is 443. The van der Waals surface area contributed by atoms with Crippen molar-refractivity contribution >= 4 is 11.5 Å². The first kappa shape index (κ1) is 14.7. The van der Waals surface area contributed by atoms with E-state index < -0.39 is 11.2 Å². The highest BCUT2D eigenvalue weighted by atomic mass is 16.6. The maximum atomic E-state index is 10.6. The lowest BCUT2D eigenvalue weighted by atomic mass is 9.96. The third-order valence-electron chi connectivity index (χ3n) is 3.56. The lowest BCUT2D eigenvalue weighted by Crippen LogP contribution is -2.38. The monoisotopic (exact) mass is 281 g/mol. The first-order valence-electron chi connectivity index (χ1n) is 6.77. The van der Waals surface area contributed by atoms with Crippen LogP contribution >= 0.6 is 0 Å². The fourth-order valence-corrected chi connectivity index (χ4v) is 2.42. The third kappa shape index (κ3) is 3.43. The van der Waals surface area contributed by atoms with Gasteiger partial charge in [-0.3, -0.25) is 0 Å². The highest BCUT2D eigenvalue weighted by molar-refractivity contribution is 5.46. The SMILES string of the molecule is CCOC(O)C1CCN(c2ccc([N+](=O)[O-])nc2)CC1. The van der Waals surface area contributed by atoms with Crippen LogP contribution in [0.2, 0.25) is 0 Å². The highest BCUT2D eigenvalue weighted by Gasteiger charge is 2.26. The minimum absolute atomic E-state index is 0.143. The zero-order chi connectivity index (χ0) is 14.5. The van der Waals surface area contributed by atoms with Gasteiger partial charge in [-0.05, 0) is 35.7 Å². The summed E-state index contributed by atoms with van der Waals surface area (Å²) in [5.41, 5.74) is 0.875. The number of pyridine rings is 1. The number of nitro groups is 1. The predicted molar refractivity (Wildman–Crippen MR) is 73.5 cm³/mol. The van der Waals surface area contributed by atoms with E-state index in [2.05, 4.69) is 9.88 Å². The topological polar surface area (TPSA) is 88.7 Å². The van der Waals surface area contributed by atoms with Crippen LogP contribution in [0.15, 0.2) is 18.3 Å². The smallest absolute Gasteiger partial charge is 0.363 e. The Labute approximate surface area is 117 Å². The molecule has 1 aromatic rings. The zero-order valence-electron chi connectivity index (χ0n) is 11.4. The molecular formula is C13H19N3O4. The molecule has 1 N–H and O–H groups in total. The highest BCUT2D eigenvalue weighted by Crippen LogP contribution is 2.26. The summed E-state index contributed by atoms with van der Waals surface area (Å²) in [5, 5.41) is 20.4. The molecule has 2 heterocycles. The Morgan fingerprint density at radius 2 is 2.25 bits per heavy atom. The van der Waals surface area contributed by atoms with Gasteiger partial charge in [0.25, 0.3) is 0 Å². The van der Waals surface area contributed by atoms with E-state index in [9.17, 15) is 15.2 Å². The average molecular weight is 281 g/mol. The second-order valence-electron chi connectivity index (χ2n) is 4.80. The largest absolute Gasteiger partial charge is 0.368 e. The Balaban J connectivity index is 1.91. The number of aliphatic hydroxyl groups excluding tert-OH is 1. The van der Waals surface area contributed by atoms with Crippen LogP contribution in [0.25, 0.3) is 0 Å². The van der Waals surface area contributed by atoms with E-state index in [1.165, 1.54) is 12.3 Å². The number of nitrogens with zero attached hydrogens (tertiary/aromatic N) is 3. The Kier molecular flexibility index (Phi) is 4.86. The molecule has 2 rings (SSSR count). The molecule has 0 aliphatic carbocycles. The van der Waals surface area contributed by atoms with Gasteiger partial charge in [-0.15, -0.1) is 0 Å². The molecule has 0 bridgehead atoms. The molecule has 110 valence electrons. The van der Waals surface area contributed by atoms with Crippen molar-refractivity contribution in [1.82, 2.24) is 4.98 Å². The van der Waals surface area contributed by atoms with Gasteiger partial charge in [-0.2, -0.15) is 0 Å². The maximum absolute atomic E-state index is 10.6. The predicted octanol–water partition coefficient (Wildman–Crippen LogP) is 1.56. The van der Waals surface area contributed by atoms with E-state index >= 15 is 0 Å². The molecule has 1 fully saturated rings. The number of anilines is 1. The van der Waals surface area contributed by atoms with Crippen molar-refractivity contribution < 1.29 is 14.8 Å². The van der Waals surface area contributed by atoms with Crippen LogP contribution in [0.1, 0.15) is 19.8 Å². The third-order valence-corrected chi connectivity index (χ3v) is 3.56. The Morgan fingerprint density at radius 3 is 2.75 bits per heavy atom. The van der Waals surface area contributed by atoms with Crippen LogP contribution < -0.4 is 4.90 Å². The molecule has 1 atom stereocenters. The number of piperidine rings is 1. The fourth-order valence-electron chi connectivity index (χ4n) is 2.42. The molecule has 1 aliphatic heterocycles. The summed E-state index contributed by atoms with van der Waals surface area (Å²) in [6.45, 7) is 3.94. The van der Waals surface area contributed by atoms with Crippen LogP contribution in [0, 0.1) is 16.0 Å². The second-order valence-corrected chi connectivity index (χ2v) is 4.80. The molecule has 0 saturated carbocycles. The van der Waals surface area contributed by atoms with Crippen molar-refractivity contribution in [3.05, 3.63) is 28.4 Å². The summed E-state index contributed by atoms with van der Waals surface area (Å²) in [4.78, 5) is 16.0. The maximum Gasteiger partial charge on any atom is 0.363 e. The number of ether oxygens (including phenoxy) is 1. The molecule has 20 heavy (non-hydrogen) atoms. The normalized spacial score (nSPS) is 18.0. The molecule has 1 unspecified atom stereocenters. The lowest BCUT2D eigenvalue weighted by Gasteiger charge is -2.34. The summed E-state index contributed by atoms with van der Waals surface area (Å²) in [6, 6.07) is 3.13. The van der Waals surface area contributed by atoms with Crippen LogP contribution in [0.3, 0.4) is 0 Å². The van der Waals surface area contributed by atoms with Crippen LogP contribution in [0.5, 0.6) is 0 Å². The van der Waals surface area contributed by atoms with Crippen molar-refractivity contribution in [2.45, 2.75) is 26.1 Å². The standard InChI is InChI=1S/C13H19N3O4/c1-2-20-13(17)10-5-7-15(8-6-10)11-3-4-12(14-9-11)16(18)19/h3-4,9-10,13,17H,2,5-8H2,1H3. The van der Waals surface area contributed by atoms with Crippen LogP contribution in [-0.2, 0) is 4.74 Å². The van der Waals surface area contributed by atoms with Gasteiger partial charge < -0.3 is 24.9 Å². The van der Waals surface area contributed by atoms with Gasteiger partial charge in [-0.25, -0.2) is 0 Å². The van der Waals surface area contributed by atoms with E-state index in [4.69, 9.17) is 4.74 Å².